The fourth-order valence-corrected chi connectivity index (χ4v) is 9.82. The molecule has 0 radical (unpaired) electrons. The number of pyridine rings is 1. The highest BCUT2D eigenvalue weighted by molar-refractivity contribution is 6.03. The van der Waals surface area contributed by atoms with E-state index in [0.717, 1.165) is 31.3 Å². The Morgan fingerprint density at radius 1 is 1.11 bits per heavy atom. The summed E-state index contributed by atoms with van der Waals surface area (Å²) in [4.78, 5) is 34.4. The second kappa shape index (κ2) is 13.0. The van der Waals surface area contributed by atoms with Gasteiger partial charge in [0.25, 0.3) is 0 Å². The van der Waals surface area contributed by atoms with Gasteiger partial charge in [0.1, 0.15) is 40.4 Å². The third kappa shape index (κ3) is 5.75. The molecule has 4 aromatic rings. The number of hydrogen-bond acceptors (Lipinski definition) is 10. The molecule has 0 aliphatic carbocycles. The van der Waals surface area contributed by atoms with Crippen molar-refractivity contribution in [3.8, 4) is 35.5 Å². The van der Waals surface area contributed by atoms with Gasteiger partial charge < -0.3 is 24.2 Å². The van der Waals surface area contributed by atoms with Gasteiger partial charge >= 0.3 is 12.1 Å². The summed E-state index contributed by atoms with van der Waals surface area (Å²) >= 11 is 0. The number of fused-ring (bicyclic) bond motifs is 7. The fraction of sp³-hybridized carbons (Fsp3) is 0.476. The minimum absolute atomic E-state index is 0.00416. The van der Waals surface area contributed by atoms with E-state index < -0.39 is 22.8 Å². The van der Waals surface area contributed by atoms with Crippen LogP contribution in [0.15, 0.2) is 42.5 Å². The SMILES string of the molecule is C#Cc1c(F)ccc2cccc(-c3nc4c5c(nc(OC[C@@]67CC[C@@H](CO)N6CC(=C)C7)nc5c3F)N3C[C@H]5CC[C@@H]([C@H]3CCO4)N5C(=O)OC(C)(C)C)c12. The van der Waals surface area contributed by atoms with Crippen molar-refractivity contribution in [2.75, 3.05) is 37.8 Å². The zero-order valence-electron chi connectivity index (χ0n) is 31.3. The Hall–Kier alpha value is -5.06. The first-order valence-corrected chi connectivity index (χ1v) is 19.1. The summed E-state index contributed by atoms with van der Waals surface area (Å²) in [5.74, 6) is 1.66. The van der Waals surface area contributed by atoms with E-state index in [2.05, 4.69) is 22.3 Å². The van der Waals surface area contributed by atoms with E-state index in [0.29, 0.717) is 53.5 Å². The molecule has 4 fully saturated rings. The van der Waals surface area contributed by atoms with Gasteiger partial charge in [-0.1, -0.05) is 42.3 Å². The van der Waals surface area contributed by atoms with Crippen molar-refractivity contribution in [3.63, 3.8) is 0 Å². The Labute approximate surface area is 318 Å². The molecule has 5 atom stereocenters. The molecule has 5 aliphatic rings. The van der Waals surface area contributed by atoms with Crippen molar-refractivity contribution in [2.24, 2.45) is 0 Å². The van der Waals surface area contributed by atoms with Crippen molar-refractivity contribution in [1.29, 1.82) is 0 Å². The molecule has 2 aromatic heterocycles. The normalized spacial score (nSPS) is 26.0. The van der Waals surface area contributed by atoms with E-state index in [4.69, 9.17) is 35.6 Å². The van der Waals surface area contributed by atoms with Gasteiger partial charge in [-0.25, -0.2) is 18.6 Å². The van der Waals surface area contributed by atoms with Gasteiger partial charge in [0, 0.05) is 36.5 Å². The van der Waals surface area contributed by atoms with Gasteiger partial charge in [-0.2, -0.15) is 9.97 Å². The number of halogens is 2. The number of aromatic nitrogens is 3. The summed E-state index contributed by atoms with van der Waals surface area (Å²) in [6, 6.07) is 7.51. The quantitative estimate of drug-likeness (QED) is 0.182. The van der Waals surface area contributed by atoms with Crippen molar-refractivity contribution in [1.82, 2.24) is 24.8 Å². The smallest absolute Gasteiger partial charge is 0.410 e. The van der Waals surface area contributed by atoms with Crippen LogP contribution in [0.5, 0.6) is 11.9 Å². The maximum atomic E-state index is 17.4. The Kier molecular flexibility index (Phi) is 8.44. The van der Waals surface area contributed by atoms with Crippen molar-refractivity contribution in [2.45, 2.75) is 94.6 Å². The van der Waals surface area contributed by atoms with Crippen LogP contribution in [0.2, 0.25) is 0 Å². The van der Waals surface area contributed by atoms with Crippen molar-refractivity contribution < 1.29 is 32.9 Å². The third-order valence-corrected chi connectivity index (χ3v) is 12.1. The number of benzene rings is 2. The second-order valence-corrected chi connectivity index (χ2v) is 16.6. The molecule has 13 heteroatoms. The number of rotatable bonds is 5. The Bertz CT molecular complexity index is 2310. The van der Waals surface area contributed by atoms with Crippen LogP contribution in [0.1, 0.15) is 64.9 Å². The molecule has 7 heterocycles. The van der Waals surface area contributed by atoms with E-state index in [1.54, 1.807) is 24.3 Å². The van der Waals surface area contributed by atoms with Crippen LogP contribution in [0.25, 0.3) is 32.9 Å². The van der Waals surface area contributed by atoms with Crippen LogP contribution in [0, 0.1) is 24.0 Å². The number of nitrogens with zero attached hydrogens (tertiary/aromatic N) is 6. The molecule has 0 spiro atoms. The Balaban J connectivity index is 1.20. The van der Waals surface area contributed by atoms with Gasteiger partial charge in [0.05, 0.1) is 42.4 Å². The van der Waals surface area contributed by atoms with E-state index in [9.17, 15) is 9.90 Å². The highest BCUT2D eigenvalue weighted by Crippen LogP contribution is 2.47. The summed E-state index contributed by atoms with van der Waals surface area (Å²) in [5, 5.41) is 11.4. The predicted octanol–water partition coefficient (Wildman–Crippen LogP) is 6.38. The monoisotopic (exact) mass is 750 g/mol. The number of terminal acetylenes is 1. The van der Waals surface area contributed by atoms with Crippen LogP contribution in [-0.4, -0.2) is 104 Å². The summed E-state index contributed by atoms with van der Waals surface area (Å²) in [5.41, 5.74) is 0.175. The van der Waals surface area contributed by atoms with Gasteiger partial charge in [0.15, 0.2) is 5.82 Å². The molecule has 1 N–H and O–H groups in total. The van der Waals surface area contributed by atoms with E-state index >= 15 is 8.78 Å². The molecule has 2 bridgehead atoms. The van der Waals surface area contributed by atoms with Crippen LogP contribution >= 0.6 is 0 Å². The first-order chi connectivity index (χ1) is 26.4. The number of amides is 1. The van der Waals surface area contributed by atoms with Crippen LogP contribution in [-0.2, 0) is 4.74 Å². The summed E-state index contributed by atoms with van der Waals surface area (Å²) < 4.78 is 51.3. The Morgan fingerprint density at radius 2 is 1.95 bits per heavy atom. The van der Waals surface area contributed by atoms with Gasteiger partial charge in [-0.05, 0) is 64.3 Å². The van der Waals surface area contributed by atoms with E-state index in [1.807, 2.05) is 25.7 Å². The molecular formula is C42H44F2N6O5. The van der Waals surface area contributed by atoms with Crippen molar-refractivity contribution in [3.05, 3.63) is 59.7 Å². The van der Waals surface area contributed by atoms with Gasteiger partial charge in [-0.15, -0.1) is 6.42 Å². The topological polar surface area (TPSA) is 113 Å². The second-order valence-electron chi connectivity index (χ2n) is 16.6. The standard InChI is InChI=1S/C42H44F2N6O5/c1-6-27-29(43)12-10-24-8-7-9-28(32(24)27)35-34(44)36-33-37(47-39(46-36)54-22-42-16-14-26(21-51)49(42)19-23(2)18-42)48-20-25-11-13-31(30(48)15-17-53-38(33)45-35)50(25)40(52)55-41(3,4)5/h1,7-10,12,25-26,30-31,51H,2,11,13-22H2,3-5H3/t25-,26+,30-,31+,42+/m1/s1. The first kappa shape index (κ1) is 35.6. The molecule has 0 saturated carbocycles. The van der Waals surface area contributed by atoms with E-state index in [1.165, 1.54) is 6.07 Å². The Morgan fingerprint density at radius 3 is 2.73 bits per heavy atom. The summed E-state index contributed by atoms with van der Waals surface area (Å²) in [6.07, 6.45) is 9.84. The molecule has 5 aliphatic heterocycles. The molecule has 4 saturated heterocycles. The lowest BCUT2D eigenvalue weighted by Gasteiger charge is -2.48. The maximum Gasteiger partial charge on any atom is 0.410 e. The molecule has 286 valence electrons. The largest absolute Gasteiger partial charge is 0.477 e. The minimum Gasteiger partial charge on any atom is -0.477 e. The number of anilines is 1. The highest BCUT2D eigenvalue weighted by Gasteiger charge is 2.52. The number of carbonyl (C=O) groups excluding carboxylic acids is 1. The van der Waals surface area contributed by atoms with Gasteiger partial charge in [0.2, 0.25) is 5.88 Å². The molecule has 55 heavy (non-hydrogen) atoms. The van der Waals surface area contributed by atoms with Crippen LogP contribution in [0.3, 0.4) is 0 Å². The number of ether oxygens (including phenoxy) is 3. The lowest BCUT2D eigenvalue weighted by Crippen LogP contribution is -2.62. The van der Waals surface area contributed by atoms with Crippen LogP contribution < -0.4 is 14.4 Å². The molecule has 9 rings (SSSR count). The predicted molar refractivity (Wildman–Crippen MR) is 203 cm³/mol. The zero-order chi connectivity index (χ0) is 38.4. The third-order valence-electron chi connectivity index (χ3n) is 12.1. The molecule has 11 nitrogen and oxygen atoms in total. The lowest BCUT2D eigenvalue weighted by atomic mass is 9.94. The number of hydrogen-bond donors (Lipinski definition) is 1. The van der Waals surface area contributed by atoms with Gasteiger partial charge in [-0.3, -0.25) is 9.80 Å². The molecular weight excluding hydrogens is 706 g/mol. The number of aliphatic hydroxyl groups is 1. The zero-order valence-corrected chi connectivity index (χ0v) is 31.3. The highest BCUT2D eigenvalue weighted by atomic mass is 19.1. The maximum absolute atomic E-state index is 17.4. The van der Waals surface area contributed by atoms with Crippen molar-refractivity contribution >= 4 is 33.6 Å². The molecule has 1 amide bonds. The first-order valence-electron chi connectivity index (χ1n) is 19.1. The minimum atomic E-state index is -0.752. The molecule has 2 aromatic carbocycles. The fourth-order valence-electron chi connectivity index (χ4n) is 9.82. The number of piperazine rings is 1. The lowest BCUT2D eigenvalue weighted by molar-refractivity contribution is 0.00635. The average molecular weight is 751 g/mol. The summed E-state index contributed by atoms with van der Waals surface area (Å²) in [6.45, 7) is 11.4. The number of aliphatic hydroxyl groups excluding tert-OH is 1. The summed E-state index contributed by atoms with van der Waals surface area (Å²) in [7, 11) is 0. The molecule has 0 unspecified atom stereocenters. The number of carbonyl (C=O) groups is 1. The average Bonchev–Trinajstić information content (AvgIpc) is 3.77. The van der Waals surface area contributed by atoms with E-state index in [-0.39, 0.29) is 78.7 Å². The van der Waals surface area contributed by atoms with Crippen LogP contribution in [0.4, 0.5) is 19.4 Å².